The number of carboxylic acid groups (broad SMARTS) is 1. The Morgan fingerprint density at radius 2 is 1.81 bits per heavy atom. The maximum Gasteiger partial charge on any atom is 0.337 e. The number of benzene rings is 2. The molecule has 110 valence electrons. The van der Waals surface area contributed by atoms with Crippen molar-refractivity contribution in [1.29, 1.82) is 0 Å². The van der Waals surface area contributed by atoms with Crippen LogP contribution in [0, 0.1) is 0 Å². The first-order valence-corrected chi connectivity index (χ1v) is 7.86. The van der Waals surface area contributed by atoms with E-state index in [1.165, 1.54) is 24.3 Å². The molecule has 0 saturated heterocycles. The third kappa shape index (κ3) is 3.41. The highest BCUT2D eigenvalue weighted by atomic mass is 32.2. The molecule has 0 heterocycles. The number of sulfonamides is 1. The summed E-state index contributed by atoms with van der Waals surface area (Å²) in [5, 5.41) is 9.22. The van der Waals surface area contributed by atoms with Gasteiger partial charge in [0.25, 0.3) is 10.0 Å². The average molecular weight is 305 g/mol. The summed E-state index contributed by atoms with van der Waals surface area (Å²) in [6, 6.07) is 12.5. The second kappa shape index (κ2) is 5.97. The van der Waals surface area contributed by atoms with Crippen LogP contribution in [-0.2, 0) is 16.4 Å². The molecule has 21 heavy (non-hydrogen) atoms. The van der Waals surface area contributed by atoms with E-state index in [1.54, 1.807) is 24.3 Å². The smallest absolute Gasteiger partial charge is 0.337 e. The Kier molecular flexibility index (Phi) is 4.28. The first-order chi connectivity index (χ1) is 9.94. The topological polar surface area (TPSA) is 83.5 Å². The van der Waals surface area contributed by atoms with Crippen LogP contribution in [0.25, 0.3) is 0 Å². The number of aryl methyl sites for hydroxylation is 1. The molecule has 6 heteroatoms. The van der Waals surface area contributed by atoms with E-state index < -0.39 is 16.0 Å². The van der Waals surface area contributed by atoms with Crippen molar-refractivity contribution in [2.24, 2.45) is 0 Å². The normalized spacial score (nSPS) is 11.1. The zero-order valence-electron chi connectivity index (χ0n) is 11.4. The number of nitrogens with one attached hydrogen (secondary N) is 1. The monoisotopic (exact) mass is 305 g/mol. The van der Waals surface area contributed by atoms with E-state index in [-0.39, 0.29) is 16.1 Å². The molecule has 0 aliphatic rings. The number of aromatic carboxylic acids is 1. The van der Waals surface area contributed by atoms with Crippen molar-refractivity contribution in [3.63, 3.8) is 0 Å². The fourth-order valence-corrected chi connectivity index (χ4v) is 2.98. The van der Waals surface area contributed by atoms with Crippen molar-refractivity contribution < 1.29 is 18.3 Å². The third-order valence-electron chi connectivity index (χ3n) is 3.02. The molecule has 2 N–H and O–H groups in total. The fourth-order valence-electron chi connectivity index (χ4n) is 1.88. The Labute approximate surface area is 123 Å². The lowest BCUT2D eigenvalue weighted by Gasteiger charge is -2.11. The third-order valence-corrected chi connectivity index (χ3v) is 4.40. The van der Waals surface area contributed by atoms with E-state index >= 15 is 0 Å². The zero-order valence-corrected chi connectivity index (χ0v) is 12.2. The van der Waals surface area contributed by atoms with Gasteiger partial charge < -0.3 is 5.11 Å². The van der Waals surface area contributed by atoms with Gasteiger partial charge in [-0.15, -0.1) is 0 Å². The highest BCUT2D eigenvalue weighted by Gasteiger charge is 2.18. The van der Waals surface area contributed by atoms with E-state index in [0.717, 1.165) is 5.56 Å². The summed E-state index contributed by atoms with van der Waals surface area (Å²) in [4.78, 5) is 11.4. The molecule has 0 saturated carbocycles. The molecule has 0 unspecified atom stereocenters. The van der Waals surface area contributed by atoms with Gasteiger partial charge in [-0.3, -0.25) is 4.72 Å². The van der Waals surface area contributed by atoms with Gasteiger partial charge in [-0.25, -0.2) is 13.2 Å². The largest absolute Gasteiger partial charge is 0.478 e. The maximum absolute atomic E-state index is 12.2. The number of hydrogen-bond donors (Lipinski definition) is 2. The van der Waals surface area contributed by atoms with Crippen LogP contribution in [-0.4, -0.2) is 19.5 Å². The molecule has 0 aliphatic heterocycles. The number of anilines is 1. The van der Waals surface area contributed by atoms with Crippen LogP contribution in [0.5, 0.6) is 0 Å². The molecule has 0 fully saturated rings. The van der Waals surface area contributed by atoms with Gasteiger partial charge in [0.05, 0.1) is 16.1 Å². The van der Waals surface area contributed by atoms with Crippen LogP contribution in [0.3, 0.4) is 0 Å². The van der Waals surface area contributed by atoms with E-state index in [1.807, 2.05) is 6.92 Å². The van der Waals surface area contributed by atoms with Gasteiger partial charge in [-0.1, -0.05) is 31.2 Å². The van der Waals surface area contributed by atoms with E-state index in [2.05, 4.69) is 4.72 Å². The summed E-state index contributed by atoms with van der Waals surface area (Å²) < 4.78 is 26.8. The molecule has 0 radical (unpaired) electrons. The molecule has 0 spiro atoms. The number of rotatable bonds is 5. The van der Waals surface area contributed by atoms with Gasteiger partial charge in [0.2, 0.25) is 0 Å². The highest BCUT2D eigenvalue weighted by molar-refractivity contribution is 7.92. The van der Waals surface area contributed by atoms with Crippen LogP contribution in [0.4, 0.5) is 5.69 Å². The van der Waals surface area contributed by atoms with Crippen LogP contribution in [0.15, 0.2) is 53.4 Å². The number of hydrogen-bond acceptors (Lipinski definition) is 3. The van der Waals surface area contributed by atoms with Crippen molar-refractivity contribution in [2.75, 3.05) is 4.72 Å². The standard InChI is InChI=1S/C15H15NO4S/c1-2-11-8-9-14(13(10-11)15(17)18)16-21(19,20)12-6-4-3-5-7-12/h3-10,16H,2H2,1H3,(H,17,18). The van der Waals surface area contributed by atoms with Crippen molar-refractivity contribution in [3.8, 4) is 0 Å². The molecule has 0 aromatic heterocycles. The van der Waals surface area contributed by atoms with Crippen molar-refractivity contribution in [3.05, 3.63) is 59.7 Å². The molecular weight excluding hydrogens is 290 g/mol. The SMILES string of the molecule is CCc1ccc(NS(=O)(=O)c2ccccc2)c(C(=O)O)c1. The van der Waals surface area contributed by atoms with Gasteiger partial charge in [0.15, 0.2) is 0 Å². The minimum absolute atomic E-state index is 0.0588. The summed E-state index contributed by atoms with van der Waals surface area (Å²) in [7, 11) is -3.80. The molecule has 5 nitrogen and oxygen atoms in total. The van der Waals surface area contributed by atoms with E-state index in [4.69, 9.17) is 0 Å². The maximum atomic E-state index is 12.2. The van der Waals surface area contributed by atoms with Crippen LogP contribution >= 0.6 is 0 Å². The molecule has 0 amide bonds. The molecule has 0 aliphatic carbocycles. The average Bonchev–Trinajstić information content (AvgIpc) is 2.48. The minimum Gasteiger partial charge on any atom is -0.478 e. The summed E-state index contributed by atoms with van der Waals surface area (Å²) >= 11 is 0. The fraction of sp³-hybridized carbons (Fsp3) is 0.133. The molecule has 0 atom stereocenters. The molecule has 2 aromatic carbocycles. The van der Waals surface area contributed by atoms with Crippen LogP contribution in [0.2, 0.25) is 0 Å². The molecule has 2 rings (SSSR count). The molecule has 0 bridgehead atoms. The Morgan fingerprint density at radius 1 is 1.14 bits per heavy atom. The lowest BCUT2D eigenvalue weighted by Crippen LogP contribution is -2.15. The zero-order chi connectivity index (χ0) is 15.5. The first kappa shape index (κ1) is 15.1. The van der Waals surface area contributed by atoms with Gasteiger partial charge in [0, 0.05) is 0 Å². The van der Waals surface area contributed by atoms with Gasteiger partial charge in [-0.05, 0) is 36.2 Å². The Balaban J connectivity index is 2.42. The summed E-state index contributed by atoms with van der Waals surface area (Å²) in [6.07, 6.45) is 0.673. The lowest BCUT2D eigenvalue weighted by molar-refractivity contribution is 0.0698. The Bertz CT molecular complexity index is 754. The van der Waals surface area contributed by atoms with Crippen molar-refractivity contribution in [2.45, 2.75) is 18.2 Å². The predicted octanol–water partition coefficient (Wildman–Crippen LogP) is 2.75. The second-order valence-electron chi connectivity index (χ2n) is 4.46. The summed E-state index contributed by atoms with van der Waals surface area (Å²) in [5.41, 5.74) is 0.826. The first-order valence-electron chi connectivity index (χ1n) is 6.38. The lowest BCUT2D eigenvalue weighted by atomic mass is 10.1. The second-order valence-corrected chi connectivity index (χ2v) is 6.14. The molecular formula is C15H15NO4S. The summed E-state index contributed by atoms with van der Waals surface area (Å²) in [6.45, 7) is 1.90. The Hall–Kier alpha value is -2.34. The highest BCUT2D eigenvalue weighted by Crippen LogP contribution is 2.22. The minimum atomic E-state index is -3.80. The van der Waals surface area contributed by atoms with Crippen LogP contribution < -0.4 is 4.72 Å². The van der Waals surface area contributed by atoms with Gasteiger partial charge in [-0.2, -0.15) is 0 Å². The van der Waals surface area contributed by atoms with Crippen LogP contribution in [0.1, 0.15) is 22.8 Å². The summed E-state index contributed by atoms with van der Waals surface area (Å²) in [5.74, 6) is -1.17. The quantitative estimate of drug-likeness (QED) is 0.889. The molecule has 2 aromatic rings. The van der Waals surface area contributed by atoms with E-state index in [9.17, 15) is 18.3 Å². The van der Waals surface area contributed by atoms with Crippen molar-refractivity contribution >= 4 is 21.7 Å². The Morgan fingerprint density at radius 3 is 2.38 bits per heavy atom. The van der Waals surface area contributed by atoms with Crippen molar-refractivity contribution in [1.82, 2.24) is 0 Å². The van der Waals surface area contributed by atoms with Gasteiger partial charge >= 0.3 is 5.97 Å². The predicted molar refractivity (Wildman–Crippen MR) is 80.0 cm³/mol. The van der Waals surface area contributed by atoms with Gasteiger partial charge in [0.1, 0.15) is 0 Å². The van der Waals surface area contributed by atoms with E-state index in [0.29, 0.717) is 6.42 Å². The number of carbonyl (C=O) groups is 1. The number of carboxylic acids is 1.